The molecule has 0 N–H and O–H groups in total. The van der Waals surface area contributed by atoms with Gasteiger partial charge in [0.1, 0.15) is 0 Å². The van der Waals surface area contributed by atoms with Crippen LogP contribution in [0.15, 0.2) is 36.4 Å². The first-order valence-electron chi connectivity index (χ1n) is 13.5. The quantitative estimate of drug-likeness (QED) is 0.241. The molecule has 0 aromatic heterocycles. The molecule has 2 heteroatoms. The highest BCUT2D eigenvalue weighted by Gasteiger charge is 2.51. The van der Waals surface area contributed by atoms with Crippen LogP contribution in [-0.2, 0) is 0 Å². The maximum absolute atomic E-state index is 3.48. The predicted octanol–water partition coefficient (Wildman–Crippen LogP) is 10.0. The third-order valence-corrected chi connectivity index (χ3v) is 10.1. The maximum atomic E-state index is 3.48. The predicted molar refractivity (Wildman–Crippen MR) is 152 cm³/mol. The van der Waals surface area contributed by atoms with Crippen LogP contribution in [0.4, 0.5) is 0 Å². The molecule has 178 valence electrons. The Balaban J connectivity index is 2.20. The fourth-order valence-electron chi connectivity index (χ4n) is 6.46. The van der Waals surface area contributed by atoms with Crippen molar-refractivity contribution in [3.8, 4) is 0 Å². The standard InChI is InChI=1S/C30H48P2/c1-5-9-19-29(31,20-10-6-2)27-24-17-13-15-23-16-14-18-25(26(23)24)28(27)30(32,21-11-7-3)22-12-8-4/h13-18,27-28H,5-12,19-22,31-32H2,1-4H3. The summed E-state index contributed by atoms with van der Waals surface area (Å²) in [6.45, 7) is 9.42. The van der Waals surface area contributed by atoms with Gasteiger partial charge in [-0.3, -0.25) is 0 Å². The molecule has 2 aromatic rings. The third kappa shape index (κ3) is 5.28. The number of unbranched alkanes of at least 4 members (excludes halogenated alkanes) is 4. The Kier molecular flexibility index (Phi) is 9.65. The Hall–Kier alpha value is -0.440. The third-order valence-electron chi connectivity index (χ3n) is 8.19. The van der Waals surface area contributed by atoms with Gasteiger partial charge in [0, 0.05) is 11.8 Å². The lowest BCUT2D eigenvalue weighted by Crippen LogP contribution is -2.40. The molecule has 0 spiro atoms. The molecule has 0 bridgehead atoms. The zero-order chi connectivity index (χ0) is 23.2. The minimum atomic E-state index is 0.282. The van der Waals surface area contributed by atoms with Crippen molar-refractivity contribution in [2.45, 2.75) is 127 Å². The summed E-state index contributed by atoms with van der Waals surface area (Å²) in [4.78, 5) is 0. The maximum Gasteiger partial charge on any atom is 0.00130 e. The fraction of sp³-hybridized carbons (Fsp3) is 0.667. The van der Waals surface area contributed by atoms with Crippen LogP contribution >= 0.6 is 18.5 Å². The first-order valence-corrected chi connectivity index (χ1v) is 14.7. The van der Waals surface area contributed by atoms with E-state index in [2.05, 4.69) is 82.6 Å². The minimum absolute atomic E-state index is 0.282. The molecule has 32 heavy (non-hydrogen) atoms. The van der Waals surface area contributed by atoms with Crippen LogP contribution in [0.3, 0.4) is 0 Å². The molecule has 4 unspecified atom stereocenters. The molecular weight excluding hydrogens is 422 g/mol. The SMILES string of the molecule is CCCCC(P)(CCCC)C1c2cccc3cccc(c23)C1C(P)(CCCC)CCCC. The second-order valence-electron chi connectivity index (χ2n) is 10.6. The zero-order valence-corrected chi connectivity index (χ0v) is 23.6. The molecule has 1 aliphatic carbocycles. The van der Waals surface area contributed by atoms with E-state index in [1.165, 1.54) is 82.4 Å². The summed E-state index contributed by atoms with van der Waals surface area (Å²) in [5.41, 5.74) is 3.29. The highest BCUT2D eigenvalue weighted by atomic mass is 31.0. The van der Waals surface area contributed by atoms with E-state index in [0.29, 0.717) is 11.8 Å². The molecule has 3 rings (SSSR count). The zero-order valence-electron chi connectivity index (χ0n) is 21.3. The summed E-state index contributed by atoms with van der Waals surface area (Å²) in [6.07, 6.45) is 15.8. The second kappa shape index (κ2) is 11.8. The van der Waals surface area contributed by atoms with Gasteiger partial charge in [0.2, 0.25) is 0 Å². The van der Waals surface area contributed by atoms with Gasteiger partial charge < -0.3 is 0 Å². The van der Waals surface area contributed by atoms with E-state index in [1.807, 2.05) is 0 Å². The lowest BCUT2D eigenvalue weighted by atomic mass is 9.67. The molecule has 0 saturated carbocycles. The minimum Gasteiger partial charge on any atom is -0.130 e. The molecule has 0 fully saturated rings. The molecule has 0 amide bonds. The highest BCUT2D eigenvalue weighted by molar-refractivity contribution is 7.19. The van der Waals surface area contributed by atoms with Crippen molar-refractivity contribution < 1.29 is 0 Å². The summed E-state index contributed by atoms with van der Waals surface area (Å²) in [5.74, 6) is 1.19. The number of hydrogen-bond donors (Lipinski definition) is 0. The van der Waals surface area contributed by atoms with Gasteiger partial charge in [-0.05, 0) is 57.9 Å². The van der Waals surface area contributed by atoms with Crippen LogP contribution in [0.2, 0.25) is 0 Å². The van der Waals surface area contributed by atoms with E-state index in [9.17, 15) is 0 Å². The van der Waals surface area contributed by atoms with Crippen molar-refractivity contribution in [2.24, 2.45) is 0 Å². The largest absolute Gasteiger partial charge is 0.130 e. The molecule has 2 aromatic carbocycles. The molecule has 0 aliphatic heterocycles. The van der Waals surface area contributed by atoms with Gasteiger partial charge >= 0.3 is 0 Å². The highest BCUT2D eigenvalue weighted by Crippen LogP contribution is 2.63. The normalized spacial score (nSPS) is 18.6. The topological polar surface area (TPSA) is 0 Å². The van der Waals surface area contributed by atoms with Crippen molar-refractivity contribution in [3.05, 3.63) is 47.5 Å². The number of hydrogen-bond acceptors (Lipinski definition) is 0. The molecule has 1 aliphatic rings. The van der Waals surface area contributed by atoms with Gasteiger partial charge in [-0.2, -0.15) is 0 Å². The van der Waals surface area contributed by atoms with E-state index < -0.39 is 0 Å². The summed E-state index contributed by atoms with van der Waals surface area (Å²) < 4.78 is 0. The average molecular weight is 471 g/mol. The van der Waals surface area contributed by atoms with Crippen molar-refractivity contribution in [1.82, 2.24) is 0 Å². The van der Waals surface area contributed by atoms with E-state index in [-0.39, 0.29) is 10.3 Å². The Morgan fingerprint density at radius 1 is 0.594 bits per heavy atom. The van der Waals surface area contributed by atoms with E-state index >= 15 is 0 Å². The summed E-state index contributed by atoms with van der Waals surface area (Å²) in [6, 6.07) is 14.3. The van der Waals surface area contributed by atoms with Gasteiger partial charge in [-0.25, -0.2) is 0 Å². The van der Waals surface area contributed by atoms with E-state index in [4.69, 9.17) is 0 Å². The molecule has 0 nitrogen and oxygen atoms in total. The molecule has 0 heterocycles. The van der Waals surface area contributed by atoms with Gasteiger partial charge in [0.15, 0.2) is 0 Å². The Bertz CT molecular complexity index is 772. The summed E-state index contributed by atoms with van der Waals surface area (Å²) >= 11 is 0. The lowest BCUT2D eigenvalue weighted by molar-refractivity contribution is 0.291. The molecule has 0 radical (unpaired) electrons. The summed E-state index contributed by atoms with van der Waals surface area (Å²) in [5, 5.41) is 3.60. The Labute approximate surface area is 203 Å². The van der Waals surface area contributed by atoms with Crippen molar-refractivity contribution in [1.29, 1.82) is 0 Å². The monoisotopic (exact) mass is 470 g/mol. The Morgan fingerprint density at radius 2 is 0.938 bits per heavy atom. The average Bonchev–Trinajstić information content (AvgIpc) is 3.16. The first-order chi connectivity index (χ1) is 15.5. The van der Waals surface area contributed by atoms with Crippen LogP contribution in [-0.4, -0.2) is 10.3 Å². The van der Waals surface area contributed by atoms with Crippen LogP contribution in [0.25, 0.3) is 10.8 Å². The van der Waals surface area contributed by atoms with E-state index in [1.54, 1.807) is 16.5 Å². The van der Waals surface area contributed by atoms with Crippen LogP contribution in [0, 0.1) is 0 Å². The van der Waals surface area contributed by atoms with Gasteiger partial charge in [0.25, 0.3) is 0 Å². The van der Waals surface area contributed by atoms with Gasteiger partial charge in [-0.1, -0.05) is 115 Å². The second-order valence-corrected chi connectivity index (χ2v) is 12.9. The van der Waals surface area contributed by atoms with Gasteiger partial charge in [0.05, 0.1) is 0 Å². The summed E-state index contributed by atoms with van der Waals surface area (Å²) in [7, 11) is 6.95. The first kappa shape index (κ1) is 26.2. The van der Waals surface area contributed by atoms with Crippen LogP contribution in [0.5, 0.6) is 0 Å². The van der Waals surface area contributed by atoms with Crippen LogP contribution in [0.1, 0.15) is 128 Å². The molecular formula is C30H48P2. The van der Waals surface area contributed by atoms with Crippen LogP contribution < -0.4 is 0 Å². The molecule has 0 saturated heterocycles. The Morgan fingerprint density at radius 3 is 1.25 bits per heavy atom. The smallest absolute Gasteiger partial charge is 0.00130 e. The van der Waals surface area contributed by atoms with E-state index in [0.717, 1.165) is 0 Å². The number of rotatable bonds is 14. The fourth-order valence-corrected chi connectivity index (χ4v) is 8.02. The van der Waals surface area contributed by atoms with Crippen molar-refractivity contribution in [2.75, 3.05) is 0 Å². The van der Waals surface area contributed by atoms with Crippen molar-refractivity contribution in [3.63, 3.8) is 0 Å². The lowest BCUT2D eigenvalue weighted by Gasteiger charge is -2.47. The molecule has 4 atom stereocenters. The number of benzene rings is 2. The van der Waals surface area contributed by atoms with Gasteiger partial charge in [-0.15, -0.1) is 18.5 Å². The van der Waals surface area contributed by atoms with Crippen molar-refractivity contribution >= 4 is 29.3 Å².